The maximum Gasteiger partial charge on any atom is 0.195 e. The summed E-state index contributed by atoms with van der Waals surface area (Å²) in [6, 6.07) is 0. The summed E-state index contributed by atoms with van der Waals surface area (Å²) in [4.78, 5) is 12.0. The Morgan fingerprint density at radius 2 is 1.97 bits per heavy atom. The molecule has 0 radical (unpaired) electrons. The van der Waals surface area contributed by atoms with Crippen molar-refractivity contribution in [2.75, 3.05) is 6.61 Å². The quantitative estimate of drug-likeness (QED) is 0.427. The summed E-state index contributed by atoms with van der Waals surface area (Å²) in [7, 11) is 0. The van der Waals surface area contributed by atoms with E-state index in [1.807, 2.05) is 20.8 Å². The molecule has 0 spiro atoms. The van der Waals surface area contributed by atoms with Gasteiger partial charge in [-0.2, -0.15) is 0 Å². The van der Waals surface area contributed by atoms with E-state index in [-0.39, 0.29) is 35.2 Å². The Balaban J connectivity index is 1.60. The number of fused-ring (bicyclic) bond motifs is 7. The smallest absolute Gasteiger partial charge is 0.195 e. The molecular formula is C27H36F2O5S. The largest absolute Gasteiger partial charge is 0.484 e. The van der Waals surface area contributed by atoms with Crippen LogP contribution in [-0.2, 0) is 19.0 Å². The van der Waals surface area contributed by atoms with Crippen LogP contribution in [0.5, 0.6) is 0 Å². The van der Waals surface area contributed by atoms with Gasteiger partial charge < -0.3 is 19.3 Å². The van der Waals surface area contributed by atoms with Crippen molar-refractivity contribution in [2.45, 2.75) is 102 Å². The van der Waals surface area contributed by atoms with E-state index >= 15 is 8.78 Å². The van der Waals surface area contributed by atoms with Crippen molar-refractivity contribution in [2.24, 2.45) is 22.7 Å². The molecule has 0 aromatic carbocycles. The zero-order valence-corrected chi connectivity index (χ0v) is 21.9. The number of ether oxygens (including phenoxy) is 3. The first-order valence-electron chi connectivity index (χ1n) is 12.8. The van der Waals surface area contributed by atoms with Crippen molar-refractivity contribution in [1.82, 2.24) is 0 Å². The molecule has 4 fully saturated rings. The van der Waals surface area contributed by atoms with Crippen molar-refractivity contribution < 1.29 is 32.9 Å². The van der Waals surface area contributed by atoms with Gasteiger partial charge >= 0.3 is 0 Å². The zero-order valence-electron chi connectivity index (χ0n) is 21.1. The third kappa shape index (κ3) is 3.12. The van der Waals surface area contributed by atoms with Crippen molar-refractivity contribution in [1.29, 1.82) is 0 Å². The molecule has 5 nitrogen and oxygen atoms in total. The molecule has 0 aromatic rings. The Bertz CT molecular complexity index is 1010. The number of unbranched alkanes of at least 4 members (excludes halogenated alkanes) is 1. The summed E-state index contributed by atoms with van der Waals surface area (Å²) >= 11 is 5.83. The van der Waals surface area contributed by atoms with Crippen LogP contribution in [0.25, 0.3) is 0 Å². The normalized spacial score (nSPS) is 49.5. The number of rotatable bonds is 4. The number of thiocarbonyl (C=S) groups is 1. The van der Waals surface area contributed by atoms with E-state index in [1.54, 1.807) is 6.92 Å². The third-order valence-corrected chi connectivity index (χ3v) is 10.1. The second kappa shape index (κ2) is 7.89. The van der Waals surface area contributed by atoms with Crippen molar-refractivity contribution in [3.8, 4) is 0 Å². The average Bonchev–Trinajstić information content (AvgIpc) is 3.18. The molecule has 35 heavy (non-hydrogen) atoms. The van der Waals surface area contributed by atoms with Gasteiger partial charge in [-0.3, -0.25) is 4.79 Å². The van der Waals surface area contributed by atoms with Crippen molar-refractivity contribution in [3.05, 3.63) is 23.8 Å². The van der Waals surface area contributed by atoms with Crippen LogP contribution in [0.1, 0.15) is 66.7 Å². The molecule has 4 aliphatic carbocycles. The molecule has 5 aliphatic rings. The van der Waals surface area contributed by atoms with Crippen LogP contribution in [-0.4, -0.2) is 58.0 Å². The molecule has 1 saturated heterocycles. The molecule has 8 heteroatoms. The van der Waals surface area contributed by atoms with Crippen LogP contribution >= 0.6 is 12.2 Å². The van der Waals surface area contributed by atoms with E-state index in [2.05, 4.69) is 6.92 Å². The molecular weight excluding hydrogens is 474 g/mol. The van der Waals surface area contributed by atoms with Gasteiger partial charge in [-0.15, -0.1) is 0 Å². The fraction of sp³-hybridized carbons (Fsp3) is 0.778. The molecule has 5 rings (SSSR count). The molecule has 0 bridgehead atoms. The third-order valence-electron chi connectivity index (χ3n) is 9.66. The van der Waals surface area contributed by atoms with E-state index in [0.717, 1.165) is 12.8 Å². The summed E-state index contributed by atoms with van der Waals surface area (Å²) in [5, 5.41) is 11.8. The average molecular weight is 511 g/mol. The van der Waals surface area contributed by atoms with Gasteiger partial charge in [0.2, 0.25) is 0 Å². The van der Waals surface area contributed by atoms with Crippen LogP contribution in [0.3, 0.4) is 0 Å². The van der Waals surface area contributed by atoms with Gasteiger partial charge in [0.05, 0.1) is 18.8 Å². The highest BCUT2D eigenvalue weighted by Crippen LogP contribution is 2.72. The van der Waals surface area contributed by atoms with Crippen molar-refractivity contribution >= 4 is 23.1 Å². The predicted octanol–water partition coefficient (Wildman–Crippen LogP) is 4.95. The summed E-state index contributed by atoms with van der Waals surface area (Å²) in [6.07, 6.45) is 2.67. The number of aliphatic hydroxyl groups excluding tert-OH is 1. The van der Waals surface area contributed by atoms with Crippen LogP contribution in [0.2, 0.25) is 0 Å². The van der Waals surface area contributed by atoms with Gasteiger partial charge in [0.15, 0.2) is 27.9 Å². The highest BCUT2D eigenvalue weighted by molar-refractivity contribution is 7.80. The van der Waals surface area contributed by atoms with Crippen LogP contribution in [0.4, 0.5) is 8.78 Å². The minimum Gasteiger partial charge on any atom is -0.484 e. The monoisotopic (exact) mass is 510 g/mol. The number of hydrogen-bond donors (Lipinski definition) is 1. The van der Waals surface area contributed by atoms with Gasteiger partial charge in [-0.05, 0) is 82.3 Å². The number of halogens is 2. The van der Waals surface area contributed by atoms with Gasteiger partial charge in [-0.25, -0.2) is 8.78 Å². The van der Waals surface area contributed by atoms with Gasteiger partial charge in [-0.1, -0.05) is 26.3 Å². The number of ketones is 1. The van der Waals surface area contributed by atoms with Crippen LogP contribution in [0, 0.1) is 22.7 Å². The lowest BCUT2D eigenvalue weighted by Crippen LogP contribution is -2.70. The summed E-state index contributed by atoms with van der Waals surface area (Å²) in [5.74, 6) is -2.48. The Hall–Kier alpha value is -1.22. The Morgan fingerprint density at radius 1 is 1.26 bits per heavy atom. The first-order valence-corrected chi connectivity index (χ1v) is 13.2. The highest BCUT2D eigenvalue weighted by Gasteiger charge is 2.80. The van der Waals surface area contributed by atoms with E-state index in [4.69, 9.17) is 26.4 Å². The fourth-order valence-electron chi connectivity index (χ4n) is 8.07. The second-order valence-electron chi connectivity index (χ2n) is 11.9. The maximum absolute atomic E-state index is 17.4. The number of hydrogen-bond acceptors (Lipinski definition) is 6. The van der Waals surface area contributed by atoms with Gasteiger partial charge in [0, 0.05) is 16.7 Å². The number of carbonyl (C=O) groups excluding carboxylic acids is 1. The fourth-order valence-corrected chi connectivity index (χ4v) is 8.56. The maximum atomic E-state index is 17.4. The van der Waals surface area contributed by atoms with E-state index < -0.39 is 52.2 Å². The Kier molecular flexibility index (Phi) is 5.73. The number of allylic oxidation sites excluding steroid dienone is 4. The van der Waals surface area contributed by atoms with Crippen LogP contribution < -0.4 is 0 Å². The highest BCUT2D eigenvalue weighted by atomic mass is 32.1. The van der Waals surface area contributed by atoms with E-state index in [9.17, 15) is 9.90 Å². The van der Waals surface area contributed by atoms with Crippen LogP contribution in [0.15, 0.2) is 23.8 Å². The number of alkyl halides is 2. The summed E-state index contributed by atoms with van der Waals surface area (Å²) in [6.45, 7) is 9.70. The van der Waals surface area contributed by atoms with E-state index in [0.29, 0.717) is 13.0 Å². The lowest BCUT2D eigenvalue weighted by Gasteiger charge is -2.63. The zero-order chi connectivity index (χ0) is 25.6. The Morgan fingerprint density at radius 3 is 2.66 bits per heavy atom. The summed E-state index contributed by atoms with van der Waals surface area (Å²) in [5.41, 5.74) is -5.45. The summed E-state index contributed by atoms with van der Waals surface area (Å²) < 4.78 is 52.0. The molecule has 1 heterocycles. The Labute approximate surface area is 211 Å². The molecule has 1 aliphatic heterocycles. The topological polar surface area (TPSA) is 65.0 Å². The van der Waals surface area contributed by atoms with Crippen molar-refractivity contribution in [3.63, 3.8) is 0 Å². The number of aliphatic hydroxyl groups is 1. The lowest BCUT2D eigenvalue weighted by molar-refractivity contribution is -0.241. The molecule has 0 aromatic heterocycles. The molecule has 0 unspecified atom stereocenters. The van der Waals surface area contributed by atoms with E-state index in [1.165, 1.54) is 18.2 Å². The first kappa shape index (κ1) is 25.4. The molecule has 9 atom stereocenters. The van der Waals surface area contributed by atoms with Gasteiger partial charge in [0.25, 0.3) is 0 Å². The molecule has 3 saturated carbocycles. The predicted molar refractivity (Wildman–Crippen MR) is 130 cm³/mol. The first-order chi connectivity index (χ1) is 16.3. The van der Waals surface area contributed by atoms with Gasteiger partial charge in [0.1, 0.15) is 6.17 Å². The standard InChI is InChI=1S/C27H36F2O5S/c1-6-7-10-32-22(35)27-21(33-23(2,3)34-27)13-16-17-12-19(28)18-11-15(30)8-9-24(18,4)26(17,29)20(31)14-25(16,27)5/h8-9,11,16-17,19-21,31H,6-7,10,12-14H2,1-5H3/t16-,17-,19-,20-,21+,24-,25-,26-,27-/m0/s1. The second-order valence-corrected chi connectivity index (χ2v) is 12.3. The lowest BCUT2D eigenvalue weighted by atomic mass is 9.44. The minimum absolute atomic E-state index is 0.0551. The molecule has 194 valence electrons. The number of carbonyl (C=O) groups is 1. The molecule has 0 amide bonds. The molecule has 1 N–H and O–H groups in total. The minimum atomic E-state index is -2.15. The SMILES string of the molecule is CCCCOC(=S)[C@@]12OC(C)(C)O[C@@H]1C[C@H]1[C@@H]3C[C@H](F)C4=CC(=O)C=C[C@]4(C)[C@@]3(F)[C@@H](O)C[C@@]12C.